The Morgan fingerprint density at radius 2 is 1.92 bits per heavy atom. The zero-order valence-corrected chi connectivity index (χ0v) is 16.3. The molecule has 1 aromatic heterocycles. The van der Waals surface area contributed by atoms with Crippen LogP contribution in [0.4, 0.5) is 0 Å². The summed E-state index contributed by atoms with van der Waals surface area (Å²) >= 11 is 1.64. The number of likely N-dealkylation sites (tertiary alicyclic amines) is 1. The smallest absolute Gasteiger partial charge is 0.261 e. The van der Waals surface area contributed by atoms with Crippen LogP contribution in [0.3, 0.4) is 0 Å². The van der Waals surface area contributed by atoms with E-state index in [0.29, 0.717) is 6.04 Å². The van der Waals surface area contributed by atoms with Crippen molar-refractivity contribution >= 4 is 17.2 Å². The van der Waals surface area contributed by atoms with Crippen LogP contribution in [-0.2, 0) is 13.0 Å². The summed E-state index contributed by atoms with van der Waals surface area (Å²) in [5.74, 6) is 0.102. The van der Waals surface area contributed by atoms with Crippen LogP contribution in [0.5, 0.6) is 0 Å². The summed E-state index contributed by atoms with van der Waals surface area (Å²) < 4.78 is 0. The summed E-state index contributed by atoms with van der Waals surface area (Å²) in [5, 5.41) is 3.24. The Morgan fingerprint density at radius 1 is 1.20 bits per heavy atom. The highest BCUT2D eigenvalue weighted by atomic mass is 32.1. The number of thiophene rings is 1. The van der Waals surface area contributed by atoms with Crippen LogP contribution < -0.4 is 5.32 Å². The van der Waals surface area contributed by atoms with Gasteiger partial charge in [-0.15, -0.1) is 11.3 Å². The lowest BCUT2D eigenvalue weighted by molar-refractivity contribution is 0.0913. The fourth-order valence-electron chi connectivity index (χ4n) is 3.50. The summed E-state index contributed by atoms with van der Waals surface area (Å²) in [4.78, 5) is 17.2. The maximum Gasteiger partial charge on any atom is 0.261 e. The first-order valence-electron chi connectivity index (χ1n) is 9.24. The maximum atomic E-state index is 12.5. The summed E-state index contributed by atoms with van der Waals surface area (Å²) in [5.41, 5.74) is 4.01. The van der Waals surface area contributed by atoms with Crippen molar-refractivity contribution in [2.75, 3.05) is 13.1 Å². The first kappa shape index (κ1) is 18.2. The van der Waals surface area contributed by atoms with E-state index in [4.69, 9.17) is 0 Å². The molecule has 1 saturated heterocycles. The van der Waals surface area contributed by atoms with Crippen LogP contribution >= 0.6 is 11.3 Å². The maximum absolute atomic E-state index is 12.5. The van der Waals surface area contributed by atoms with Gasteiger partial charge in [0.25, 0.3) is 5.91 Å². The number of hydrogen-bond donors (Lipinski definition) is 1. The molecule has 0 bridgehead atoms. The number of aryl methyl sites for hydroxylation is 3. The second-order valence-corrected chi connectivity index (χ2v) is 8.16. The van der Waals surface area contributed by atoms with Crippen molar-refractivity contribution in [2.24, 2.45) is 0 Å². The number of nitrogens with zero attached hydrogens (tertiary/aromatic N) is 1. The Kier molecular flexibility index (Phi) is 5.92. The lowest BCUT2D eigenvalue weighted by atomic mass is 10.0. The van der Waals surface area contributed by atoms with Gasteiger partial charge in [-0.2, -0.15) is 0 Å². The molecule has 1 amide bonds. The monoisotopic (exact) mass is 356 g/mol. The quantitative estimate of drug-likeness (QED) is 0.865. The Balaban J connectivity index is 1.50. The molecule has 0 unspecified atom stereocenters. The number of nitrogens with one attached hydrogen (secondary N) is 1. The Morgan fingerprint density at radius 3 is 2.56 bits per heavy atom. The molecule has 25 heavy (non-hydrogen) atoms. The van der Waals surface area contributed by atoms with Gasteiger partial charge in [-0.3, -0.25) is 9.69 Å². The molecule has 1 fully saturated rings. The molecule has 4 heteroatoms. The second kappa shape index (κ2) is 8.15. The highest BCUT2D eigenvalue weighted by molar-refractivity contribution is 7.14. The molecule has 2 heterocycles. The van der Waals surface area contributed by atoms with E-state index < -0.39 is 0 Å². The number of piperidine rings is 1. The summed E-state index contributed by atoms with van der Waals surface area (Å²) in [6, 6.07) is 10.9. The normalized spacial score (nSPS) is 16.1. The molecule has 0 spiro atoms. The number of hydrogen-bond acceptors (Lipinski definition) is 3. The molecule has 1 N–H and O–H groups in total. The van der Waals surface area contributed by atoms with E-state index in [2.05, 4.69) is 55.3 Å². The van der Waals surface area contributed by atoms with Crippen LogP contribution in [0.2, 0.25) is 0 Å². The molecule has 1 aromatic carbocycles. The van der Waals surface area contributed by atoms with Crippen molar-refractivity contribution in [3.05, 3.63) is 56.8 Å². The third-order valence-electron chi connectivity index (χ3n) is 5.14. The van der Waals surface area contributed by atoms with E-state index in [1.54, 1.807) is 11.3 Å². The van der Waals surface area contributed by atoms with Crippen molar-refractivity contribution in [3.63, 3.8) is 0 Å². The van der Waals surface area contributed by atoms with E-state index in [1.165, 1.54) is 21.6 Å². The van der Waals surface area contributed by atoms with Crippen LogP contribution in [0, 0.1) is 13.8 Å². The minimum absolute atomic E-state index is 0.102. The first-order chi connectivity index (χ1) is 12.1. The van der Waals surface area contributed by atoms with Crippen LogP contribution in [-0.4, -0.2) is 29.9 Å². The molecule has 0 saturated carbocycles. The highest BCUT2D eigenvalue weighted by Gasteiger charge is 2.22. The third kappa shape index (κ3) is 4.50. The minimum Gasteiger partial charge on any atom is -0.349 e. The van der Waals surface area contributed by atoms with Gasteiger partial charge >= 0.3 is 0 Å². The highest BCUT2D eigenvalue weighted by Crippen LogP contribution is 2.23. The zero-order chi connectivity index (χ0) is 17.8. The summed E-state index contributed by atoms with van der Waals surface area (Å²) in [6.45, 7) is 9.51. The van der Waals surface area contributed by atoms with Gasteiger partial charge in [0.15, 0.2) is 0 Å². The van der Waals surface area contributed by atoms with Crippen molar-refractivity contribution in [1.82, 2.24) is 10.2 Å². The lowest BCUT2D eigenvalue weighted by Crippen LogP contribution is -2.44. The molecule has 1 aliphatic heterocycles. The summed E-state index contributed by atoms with van der Waals surface area (Å²) in [6.07, 6.45) is 3.06. The Hall–Kier alpha value is -1.65. The molecule has 3 rings (SSSR count). The van der Waals surface area contributed by atoms with Gasteiger partial charge in [0.1, 0.15) is 0 Å². The van der Waals surface area contributed by atoms with Gasteiger partial charge in [0, 0.05) is 30.6 Å². The van der Waals surface area contributed by atoms with Gasteiger partial charge in [-0.05, 0) is 55.9 Å². The summed E-state index contributed by atoms with van der Waals surface area (Å²) in [7, 11) is 0. The molecule has 2 aromatic rings. The van der Waals surface area contributed by atoms with Crippen molar-refractivity contribution in [3.8, 4) is 0 Å². The molecular formula is C21H28N2OS. The zero-order valence-electron chi connectivity index (χ0n) is 15.5. The number of carbonyl (C=O) groups excluding carboxylic acids is 1. The molecular weight excluding hydrogens is 328 g/mol. The van der Waals surface area contributed by atoms with Crippen molar-refractivity contribution in [1.29, 1.82) is 0 Å². The third-order valence-corrected chi connectivity index (χ3v) is 6.52. The van der Waals surface area contributed by atoms with E-state index >= 15 is 0 Å². The van der Waals surface area contributed by atoms with Crippen LogP contribution in [0.1, 0.15) is 51.0 Å². The Labute approximate surface area is 155 Å². The largest absolute Gasteiger partial charge is 0.349 e. The number of benzene rings is 1. The number of rotatable bonds is 5. The average molecular weight is 357 g/mol. The SMILES string of the molecule is CCc1sc(C(=O)NC2CCN(Cc3ccccc3C)CC2)cc1C. The molecule has 0 atom stereocenters. The van der Waals surface area contributed by atoms with E-state index in [0.717, 1.165) is 43.8 Å². The molecule has 0 radical (unpaired) electrons. The second-order valence-electron chi connectivity index (χ2n) is 7.02. The standard InChI is InChI=1S/C21H28N2OS/c1-4-19-16(3)13-20(25-19)21(24)22-18-9-11-23(12-10-18)14-17-8-6-5-7-15(17)2/h5-8,13,18H,4,9-12,14H2,1-3H3,(H,22,24). The molecule has 134 valence electrons. The minimum atomic E-state index is 0.102. The van der Waals surface area contributed by atoms with E-state index in [9.17, 15) is 4.79 Å². The first-order valence-corrected chi connectivity index (χ1v) is 10.1. The van der Waals surface area contributed by atoms with Crippen LogP contribution in [0.25, 0.3) is 0 Å². The van der Waals surface area contributed by atoms with Crippen molar-refractivity contribution in [2.45, 2.75) is 52.6 Å². The fourth-order valence-corrected chi connectivity index (χ4v) is 4.52. The predicted molar refractivity (Wildman–Crippen MR) is 105 cm³/mol. The van der Waals surface area contributed by atoms with E-state index in [-0.39, 0.29) is 5.91 Å². The van der Waals surface area contributed by atoms with Crippen molar-refractivity contribution < 1.29 is 4.79 Å². The number of amides is 1. The van der Waals surface area contributed by atoms with Gasteiger partial charge in [0.05, 0.1) is 4.88 Å². The average Bonchev–Trinajstić information content (AvgIpc) is 3.00. The van der Waals surface area contributed by atoms with Gasteiger partial charge < -0.3 is 5.32 Å². The molecule has 1 aliphatic rings. The van der Waals surface area contributed by atoms with E-state index in [1.807, 2.05) is 6.07 Å². The lowest BCUT2D eigenvalue weighted by Gasteiger charge is -2.32. The fraction of sp³-hybridized carbons (Fsp3) is 0.476. The van der Waals surface area contributed by atoms with Gasteiger partial charge in [-0.25, -0.2) is 0 Å². The van der Waals surface area contributed by atoms with Gasteiger partial charge in [-0.1, -0.05) is 31.2 Å². The topological polar surface area (TPSA) is 32.3 Å². The molecule has 0 aliphatic carbocycles. The van der Waals surface area contributed by atoms with Gasteiger partial charge in [0.2, 0.25) is 0 Å². The molecule has 3 nitrogen and oxygen atoms in total. The Bertz CT molecular complexity index is 729. The predicted octanol–water partition coefficient (Wildman–Crippen LogP) is 4.32. The number of carbonyl (C=O) groups is 1. The van der Waals surface area contributed by atoms with Crippen LogP contribution in [0.15, 0.2) is 30.3 Å².